The van der Waals surface area contributed by atoms with Crippen LogP contribution >= 0.6 is 0 Å². The summed E-state index contributed by atoms with van der Waals surface area (Å²) >= 11 is 0. The number of aromatic nitrogens is 2. The summed E-state index contributed by atoms with van der Waals surface area (Å²) in [5, 5.41) is 16.5. The van der Waals surface area contributed by atoms with Gasteiger partial charge < -0.3 is 5.32 Å². The minimum absolute atomic E-state index is 0.0373. The maximum atomic E-state index is 12.5. The number of carbonyl (C=O) groups excluding carboxylic acids is 1. The van der Waals surface area contributed by atoms with E-state index >= 15 is 0 Å². The summed E-state index contributed by atoms with van der Waals surface area (Å²) in [6, 6.07) is 19.7. The van der Waals surface area contributed by atoms with Crippen molar-refractivity contribution in [3.63, 3.8) is 0 Å². The highest BCUT2D eigenvalue weighted by atomic mass is 16.1. The molecule has 5 heteroatoms. The zero-order chi connectivity index (χ0) is 20.6. The Labute approximate surface area is 171 Å². The summed E-state index contributed by atoms with van der Waals surface area (Å²) in [7, 11) is 0. The second kappa shape index (κ2) is 9.52. The van der Waals surface area contributed by atoms with E-state index in [1.165, 1.54) is 5.56 Å². The van der Waals surface area contributed by atoms with Gasteiger partial charge in [0.2, 0.25) is 0 Å². The fourth-order valence-corrected chi connectivity index (χ4v) is 2.96. The van der Waals surface area contributed by atoms with Crippen molar-refractivity contribution >= 4 is 17.7 Å². The summed E-state index contributed by atoms with van der Waals surface area (Å²) in [4.78, 5) is 12.5. The van der Waals surface area contributed by atoms with Crippen LogP contribution in [0.4, 0.5) is 5.69 Å². The van der Waals surface area contributed by atoms with E-state index in [0.717, 1.165) is 12.0 Å². The van der Waals surface area contributed by atoms with Gasteiger partial charge in [-0.3, -0.25) is 9.48 Å². The fourth-order valence-electron chi connectivity index (χ4n) is 2.96. The molecule has 1 N–H and O–H groups in total. The number of carbonyl (C=O) groups is 1. The van der Waals surface area contributed by atoms with Crippen molar-refractivity contribution in [2.45, 2.75) is 32.7 Å². The van der Waals surface area contributed by atoms with Crippen LogP contribution in [0.5, 0.6) is 0 Å². The van der Waals surface area contributed by atoms with E-state index < -0.39 is 5.91 Å². The number of nitrogens with zero attached hydrogens (tertiary/aromatic N) is 3. The van der Waals surface area contributed by atoms with Gasteiger partial charge in [-0.05, 0) is 41.7 Å². The molecule has 0 radical (unpaired) electrons. The molecule has 1 aromatic heterocycles. The molecule has 1 amide bonds. The largest absolute Gasteiger partial charge is 0.321 e. The molecule has 3 rings (SSSR count). The summed E-state index contributed by atoms with van der Waals surface area (Å²) in [5.74, 6) is 0.0429. The van der Waals surface area contributed by atoms with Gasteiger partial charge in [0.25, 0.3) is 5.91 Å². The molecule has 0 aliphatic rings. The van der Waals surface area contributed by atoms with Gasteiger partial charge in [-0.15, -0.1) is 0 Å². The molecule has 2 aromatic carbocycles. The molecule has 0 aliphatic carbocycles. The first-order valence-corrected chi connectivity index (χ1v) is 9.68. The van der Waals surface area contributed by atoms with Crippen LogP contribution < -0.4 is 5.32 Å². The van der Waals surface area contributed by atoms with Crippen LogP contribution in [0.2, 0.25) is 0 Å². The number of amides is 1. The SMILES string of the molecule is CC[C@@H](C)c1ccc(NC(=O)/C(C#N)=C/c2cnn(Cc3ccccc3)c2)cc1. The Morgan fingerprint density at radius 3 is 2.59 bits per heavy atom. The zero-order valence-electron chi connectivity index (χ0n) is 16.7. The van der Waals surface area contributed by atoms with Crippen molar-refractivity contribution in [2.24, 2.45) is 0 Å². The minimum Gasteiger partial charge on any atom is -0.321 e. The smallest absolute Gasteiger partial charge is 0.266 e. The summed E-state index contributed by atoms with van der Waals surface area (Å²) in [5.41, 5.74) is 3.77. The van der Waals surface area contributed by atoms with Crippen LogP contribution in [-0.2, 0) is 11.3 Å². The highest BCUT2D eigenvalue weighted by Crippen LogP contribution is 2.21. The molecule has 0 saturated heterocycles. The minimum atomic E-state index is -0.431. The van der Waals surface area contributed by atoms with Crippen LogP contribution in [0.1, 0.15) is 42.9 Å². The van der Waals surface area contributed by atoms with Crippen LogP contribution in [0.15, 0.2) is 72.6 Å². The van der Waals surface area contributed by atoms with Crippen LogP contribution in [0.3, 0.4) is 0 Å². The average Bonchev–Trinajstić information content (AvgIpc) is 3.19. The molecule has 1 atom stereocenters. The summed E-state index contributed by atoms with van der Waals surface area (Å²) < 4.78 is 1.78. The molecule has 0 bridgehead atoms. The lowest BCUT2D eigenvalue weighted by Crippen LogP contribution is -2.13. The molecular formula is C24H24N4O. The predicted octanol–water partition coefficient (Wildman–Crippen LogP) is 4.99. The number of anilines is 1. The van der Waals surface area contributed by atoms with Gasteiger partial charge >= 0.3 is 0 Å². The Bertz CT molecular complexity index is 1030. The zero-order valence-corrected chi connectivity index (χ0v) is 16.7. The van der Waals surface area contributed by atoms with Crippen molar-refractivity contribution in [3.05, 3.63) is 89.3 Å². The number of hydrogen-bond acceptors (Lipinski definition) is 3. The second-order valence-corrected chi connectivity index (χ2v) is 7.01. The normalized spacial score (nSPS) is 12.2. The molecule has 0 fully saturated rings. The highest BCUT2D eigenvalue weighted by molar-refractivity contribution is 6.09. The van der Waals surface area contributed by atoms with E-state index in [4.69, 9.17) is 0 Å². The molecule has 1 heterocycles. The number of nitriles is 1. The molecule has 0 unspecified atom stereocenters. The first kappa shape index (κ1) is 20.1. The first-order chi connectivity index (χ1) is 14.1. The van der Waals surface area contributed by atoms with Crippen molar-refractivity contribution in [2.75, 3.05) is 5.32 Å². The molecule has 0 saturated carbocycles. The first-order valence-electron chi connectivity index (χ1n) is 9.68. The van der Waals surface area contributed by atoms with E-state index in [2.05, 4.69) is 24.3 Å². The van der Waals surface area contributed by atoms with E-state index in [0.29, 0.717) is 23.7 Å². The van der Waals surface area contributed by atoms with Crippen molar-refractivity contribution in [3.8, 4) is 6.07 Å². The standard InChI is InChI=1S/C24H24N4O/c1-3-18(2)21-9-11-23(12-10-21)27-24(29)22(14-25)13-20-15-26-28(17-20)16-19-7-5-4-6-8-19/h4-13,15,17-18H,3,16H2,1-2H3,(H,27,29)/b22-13+/t18-/m1/s1. The molecule has 5 nitrogen and oxygen atoms in total. The van der Waals surface area contributed by atoms with E-state index in [9.17, 15) is 10.1 Å². The molecule has 0 aliphatic heterocycles. The number of hydrogen-bond donors (Lipinski definition) is 1. The van der Waals surface area contributed by atoms with Crippen LogP contribution in [0.25, 0.3) is 6.08 Å². The lowest BCUT2D eigenvalue weighted by Gasteiger charge is -2.10. The van der Waals surface area contributed by atoms with Gasteiger partial charge in [-0.25, -0.2) is 0 Å². The highest BCUT2D eigenvalue weighted by Gasteiger charge is 2.11. The van der Waals surface area contributed by atoms with Gasteiger partial charge in [0.1, 0.15) is 11.6 Å². The Balaban J connectivity index is 1.68. The predicted molar refractivity (Wildman–Crippen MR) is 115 cm³/mol. The Hall–Kier alpha value is -3.65. The van der Waals surface area contributed by atoms with Crippen molar-refractivity contribution < 1.29 is 4.79 Å². The maximum Gasteiger partial charge on any atom is 0.266 e. The Morgan fingerprint density at radius 1 is 1.21 bits per heavy atom. The third-order valence-corrected chi connectivity index (χ3v) is 4.87. The van der Waals surface area contributed by atoms with Crippen molar-refractivity contribution in [1.29, 1.82) is 5.26 Å². The quantitative estimate of drug-likeness (QED) is 0.461. The molecular weight excluding hydrogens is 360 g/mol. The topological polar surface area (TPSA) is 70.7 Å². The number of benzene rings is 2. The lowest BCUT2D eigenvalue weighted by molar-refractivity contribution is -0.112. The molecule has 29 heavy (non-hydrogen) atoms. The fraction of sp³-hybridized carbons (Fsp3) is 0.208. The lowest BCUT2D eigenvalue weighted by atomic mass is 9.98. The van der Waals surface area contributed by atoms with E-state index in [1.807, 2.05) is 66.9 Å². The van der Waals surface area contributed by atoms with E-state index in [-0.39, 0.29) is 5.57 Å². The molecule has 3 aromatic rings. The third-order valence-electron chi connectivity index (χ3n) is 4.87. The Kier molecular flexibility index (Phi) is 6.59. The van der Waals surface area contributed by atoms with E-state index in [1.54, 1.807) is 17.0 Å². The maximum absolute atomic E-state index is 12.5. The monoisotopic (exact) mass is 384 g/mol. The summed E-state index contributed by atoms with van der Waals surface area (Å²) in [6.45, 7) is 4.94. The van der Waals surface area contributed by atoms with Crippen molar-refractivity contribution in [1.82, 2.24) is 9.78 Å². The van der Waals surface area contributed by atoms with Gasteiger partial charge in [-0.2, -0.15) is 10.4 Å². The van der Waals surface area contributed by atoms with Gasteiger partial charge in [-0.1, -0.05) is 56.3 Å². The van der Waals surface area contributed by atoms with Gasteiger partial charge in [0.15, 0.2) is 0 Å². The summed E-state index contributed by atoms with van der Waals surface area (Å²) in [6.07, 6.45) is 6.08. The number of nitrogens with one attached hydrogen (secondary N) is 1. The number of rotatable bonds is 7. The molecule has 146 valence electrons. The van der Waals surface area contributed by atoms with Crippen LogP contribution in [-0.4, -0.2) is 15.7 Å². The van der Waals surface area contributed by atoms with Crippen LogP contribution in [0, 0.1) is 11.3 Å². The van der Waals surface area contributed by atoms with Gasteiger partial charge in [0, 0.05) is 17.4 Å². The average molecular weight is 384 g/mol. The van der Waals surface area contributed by atoms with Gasteiger partial charge in [0.05, 0.1) is 12.7 Å². The third kappa shape index (κ3) is 5.43. The Morgan fingerprint density at radius 2 is 1.93 bits per heavy atom. The second-order valence-electron chi connectivity index (χ2n) is 7.01. The molecule has 0 spiro atoms.